The van der Waals surface area contributed by atoms with Crippen LogP contribution in [0.2, 0.25) is 0 Å². The third kappa shape index (κ3) is 3.73. The molecular formula is C24H22I2NO-. The molecule has 3 aromatic carbocycles. The number of fused-ring (bicyclic) bond motifs is 2. The zero-order valence-electron chi connectivity index (χ0n) is 15.8. The zero-order valence-corrected chi connectivity index (χ0v) is 20.1. The first kappa shape index (κ1) is 19.9. The Bertz CT molecular complexity index is 1150. The summed E-state index contributed by atoms with van der Waals surface area (Å²) in [6.07, 6.45) is 5.61. The summed E-state index contributed by atoms with van der Waals surface area (Å²) in [7, 11) is 0. The first-order valence-corrected chi connectivity index (χ1v) is 17.0. The average Bonchev–Trinajstić information content (AvgIpc) is 3.11. The van der Waals surface area contributed by atoms with E-state index in [1.54, 1.807) is 0 Å². The molecule has 0 spiro atoms. The van der Waals surface area contributed by atoms with Crippen molar-refractivity contribution < 1.29 is 22.0 Å². The maximum atomic E-state index is 13.6. The molecule has 0 unspecified atom stereocenters. The number of para-hydroxylation sites is 1. The molecule has 28 heavy (non-hydrogen) atoms. The summed E-state index contributed by atoms with van der Waals surface area (Å²) in [5.41, 5.74) is 2.78. The third-order valence-electron chi connectivity index (χ3n) is 5.23. The Morgan fingerprint density at radius 3 is 2.36 bits per heavy atom. The fourth-order valence-electron chi connectivity index (χ4n) is 3.81. The molecule has 0 fully saturated rings. The molecule has 0 N–H and O–H groups in total. The van der Waals surface area contributed by atoms with Crippen LogP contribution in [0.25, 0.3) is 21.7 Å². The third-order valence-corrected chi connectivity index (χ3v) is 9.55. The summed E-state index contributed by atoms with van der Waals surface area (Å²) in [4.78, 5) is 13.6. The summed E-state index contributed by atoms with van der Waals surface area (Å²) >= 11 is 2.43. The monoisotopic (exact) mass is 594 g/mol. The number of hydrogen-bond acceptors (Lipinski definition) is 1. The average molecular weight is 594 g/mol. The summed E-state index contributed by atoms with van der Waals surface area (Å²) in [5, 5.41) is 3.35. The topological polar surface area (TPSA) is 22.0 Å². The Kier molecular flexibility index (Phi) is 6.35. The number of aromatic nitrogens is 1. The van der Waals surface area contributed by atoms with Gasteiger partial charge in [-0.05, 0) is 0 Å². The molecule has 4 rings (SSSR count). The van der Waals surface area contributed by atoms with Crippen LogP contribution in [0.5, 0.6) is 0 Å². The van der Waals surface area contributed by atoms with Gasteiger partial charge in [0, 0.05) is 0 Å². The molecular weight excluding hydrogens is 572 g/mol. The van der Waals surface area contributed by atoms with Crippen molar-refractivity contribution in [2.24, 2.45) is 0 Å². The van der Waals surface area contributed by atoms with E-state index in [1.807, 2.05) is 18.2 Å². The minimum atomic E-state index is -0.0599. The Hall–Kier alpha value is -1.41. The summed E-state index contributed by atoms with van der Waals surface area (Å²) in [6.45, 7) is 3.18. The quantitative estimate of drug-likeness (QED) is 0.181. The van der Waals surface area contributed by atoms with Crippen LogP contribution in [0.4, 0.5) is 0 Å². The van der Waals surface area contributed by atoms with E-state index in [0.717, 1.165) is 40.4 Å². The molecule has 0 saturated carbocycles. The van der Waals surface area contributed by atoms with Crippen LogP contribution in [0.1, 0.15) is 42.1 Å². The fraction of sp³-hybridized carbons (Fsp3) is 0.208. The maximum absolute atomic E-state index is 13.6. The zero-order chi connectivity index (χ0) is 19.5. The standard InChI is InChI=1S/C24H22I2NO/c1-2-3-8-15-27-16-21(19-11-6-7-12-23(19)27)24(28)20-13-14-22(26-25)18-10-5-4-9-17(18)20/h4-7,9-14,16H,2-3,8,15H2,1H3/q-1. The van der Waals surface area contributed by atoms with Crippen LogP contribution >= 0.6 is 18.6 Å². The van der Waals surface area contributed by atoms with Gasteiger partial charge < -0.3 is 0 Å². The van der Waals surface area contributed by atoms with Gasteiger partial charge in [-0.25, -0.2) is 0 Å². The van der Waals surface area contributed by atoms with Gasteiger partial charge in [0.2, 0.25) is 0 Å². The summed E-state index contributed by atoms with van der Waals surface area (Å²) < 4.78 is 3.64. The number of carbonyl (C=O) groups is 1. The van der Waals surface area contributed by atoms with Crippen LogP contribution in [0, 0.1) is 3.57 Å². The molecule has 0 aliphatic carbocycles. The summed E-state index contributed by atoms with van der Waals surface area (Å²) in [6, 6.07) is 20.8. The van der Waals surface area contributed by atoms with Crippen LogP contribution in [-0.2, 0) is 6.54 Å². The first-order chi connectivity index (χ1) is 13.7. The molecule has 0 amide bonds. The Morgan fingerprint density at radius 1 is 0.893 bits per heavy atom. The second kappa shape index (κ2) is 8.95. The Balaban J connectivity index is 1.83. The molecule has 1 heterocycles. The molecule has 144 valence electrons. The number of carbonyl (C=O) groups excluding carboxylic acids is 1. The number of hydrogen-bond donors (Lipinski definition) is 0. The van der Waals surface area contributed by atoms with E-state index in [0.29, 0.717) is 0 Å². The number of unbranched alkanes of at least 4 members (excludes halogenated alkanes) is 2. The minimum absolute atomic E-state index is 0.0599. The molecule has 0 saturated heterocycles. The number of nitrogens with zero attached hydrogens (tertiary/aromatic N) is 1. The van der Waals surface area contributed by atoms with E-state index in [2.05, 4.69) is 78.8 Å². The number of halogens is 2. The van der Waals surface area contributed by atoms with Gasteiger partial charge in [0.25, 0.3) is 0 Å². The Morgan fingerprint density at radius 2 is 1.61 bits per heavy atom. The van der Waals surface area contributed by atoms with Crippen LogP contribution in [0.15, 0.2) is 66.9 Å². The SMILES string of the molecule is CCCCCn1cc(C(=O)c2ccc([I-]I)c3ccccc23)c2ccccc21. The molecule has 0 bridgehead atoms. The first-order valence-electron chi connectivity index (χ1n) is 9.65. The normalized spacial score (nSPS) is 11.5. The van der Waals surface area contributed by atoms with Crippen molar-refractivity contribution in [2.75, 3.05) is 0 Å². The van der Waals surface area contributed by atoms with E-state index in [-0.39, 0.29) is 23.0 Å². The van der Waals surface area contributed by atoms with E-state index < -0.39 is 0 Å². The van der Waals surface area contributed by atoms with Gasteiger partial charge in [-0.15, -0.1) is 0 Å². The number of aryl methyl sites for hydroxylation is 1. The Labute approximate surface area is 185 Å². The molecule has 0 aliphatic rings. The fourth-order valence-corrected chi connectivity index (χ4v) is 7.20. The van der Waals surface area contributed by atoms with Gasteiger partial charge >= 0.3 is 180 Å². The van der Waals surface area contributed by atoms with Crippen molar-refractivity contribution in [3.63, 3.8) is 0 Å². The van der Waals surface area contributed by atoms with Gasteiger partial charge in [0.05, 0.1) is 0 Å². The van der Waals surface area contributed by atoms with Crippen molar-refractivity contribution >= 4 is 46.1 Å². The number of ketones is 1. The molecule has 4 heteroatoms. The summed E-state index contributed by atoms with van der Waals surface area (Å²) in [5.74, 6) is 0.125. The second-order valence-electron chi connectivity index (χ2n) is 7.00. The molecule has 0 aliphatic heterocycles. The van der Waals surface area contributed by atoms with E-state index in [4.69, 9.17) is 0 Å². The van der Waals surface area contributed by atoms with Gasteiger partial charge in [0.1, 0.15) is 0 Å². The van der Waals surface area contributed by atoms with E-state index in [9.17, 15) is 4.79 Å². The van der Waals surface area contributed by atoms with Crippen LogP contribution in [-0.4, -0.2) is 10.4 Å². The predicted octanol–water partition coefficient (Wildman–Crippen LogP) is 3.82. The molecule has 0 radical (unpaired) electrons. The molecule has 2 nitrogen and oxygen atoms in total. The number of benzene rings is 3. The molecule has 4 aromatic rings. The van der Waals surface area contributed by atoms with Crippen molar-refractivity contribution in [2.45, 2.75) is 32.7 Å². The van der Waals surface area contributed by atoms with Crippen molar-refractivity contribution in [1.29, 1.82) is 0 Å². The number of rotatable bonds is 7. The van der Waals surface area contributed by atoms with Gasteiger partial charge in [-0.1, -0.05) is 6.92 Å². The van der Waals surface area contributed by atoms with Gasteiger partial charge in [-0.3, -0.25) is 0 Å². The van der Waals surface area contributed by atoms with Crippen molar-refractivity contribution in [3.05, 3.63) is 81.6 Å². The second-order valence-corrected chi connectivity index (χ2v) is 11.3. The van der Waals surface area contributed by atoms with Gasteiger partial charge in [-0.2, -0.15) is 0 Å². The van der Waals surface area contributed by atoms with E-state index >= 15 is 0 Å². The molecule has 0 atom stereocenters. The van der Waals surface area contributed by atoms with Gasteiger partial charge in [0.15, 0.2) is 0 Å². The molecule has 1 aromatic heterocycles. The predicted molar refractivity (Wildman–Crippen MR) is 122 cm³/mol. The van der Waals surface area contributed by atoms with E-state index in [1.165, 1.54) is 21.8 Å². The van der Waals surface area contributed by atoms with Crippen LogP contribution < -0.4 is 17.2 Å². The van der Waals surface area contributed by atoms with Crippen molar-refractivity contribution in [1.82, 2.24) is 4.57 Å². The van der Waals surface area contributed by atoms with Crippen molar-refractivity contribution in [3.8, 4) is 0 Å². The van der Waals surface area contributed by atoms with Crippen LogP contribution in [0.3, 0.4) is 0 Å².